The Morgan fingerprint density at radius 3 is 2.75 bits per heavy atom. The van der Waals surface area contributed by atoms with Crippen LogP contribution in [0.1, 0.15) is 26.7 Å². The molecule has 1 saturated heterocycles. The lowest BCUT2D eigenvalue weighted by atomic mass is 9.80. The third-order valence-corrected chi connectivity index (χ3v) is 2.24. The Bertz CT molecular complexity index is 229. The van der Waals surface area contributed by atoms with Gasteiger partial charge in [-0.1, -0.05) is 13.8 Å². The summed E-state index contributed by atoms with van der Waals surface area (Å²) in [7, 11) is 0. The van der Waals surface area contributed by atoms with Gasteiger partial charge < -0.3 is 5.32 Å². The van der Waals surface area contributed by atoms with Crippen molar-refractivity contribution in [2.75, 3.05) is 6.54 Å². The van der Waals surface area contributed by atoms with E-state index in [1.165, 1.54) is 0 Å². The molecule has 1 aliphatic heterocycles. The second-order valence-corrected chi connectivity index (χ2v) is 3.80. The molecule has 0 saturated carbocycles. The Balaban J connectivity index is 2.77. The maximum Gasteiger partial charge on any atom is 0.240 e. The largest absolute Gasteiger partial charge is 0.355 e. The van der Waals surface area contributed by atoms with Crippen LogP contribution in [0.15, 0.2) is 0 Å². The topological polar surface area (TPSA) is 52.9 Å². The predicted octanol–water partition coefficient (Wildman–Crippen LogP) is 1.06. The van der Waals surface area contributed by atoms with Crippen LogP contribution < -0.4 is 5.32 Å². The van der Waals surface area contributed by atoms with Crippen molar-refractivity contribution in [3.8, 4) is 6.07 Å². The molecule has 0 aromatic carbocycles. The zero-order valence-corrected chi connectivity index (χ0v) is 7.55. The van der Waals surface area contributed by atoms with Gasteiger partial charge in [0.05, 0.1) is 6.07 Å². The molecule has 1 aliphatic rings. The molecule has 1 rings (SSSR count). The van der Waals surface area contributed by atoms with Gasteiger partial charge in [0.2, 0.25) is 5.91 Å². The second kappa shape index (κ2) is 3.14. The summed E-state index contributed by atoms with van der Waals surface area (Å²) in [6.07, 6.45) is 1.34. The van der Waals surface area contributed by atoms with Gasteiger partial charge in [0.1, 0.15) is 5.41 Å². The van der Waals surface area contributed by atoms with E-state index in [-0.39, 0.29) is 5.91 Å². The van der Waals surface area contributed by atoms with Crippen LogP contribution in [0.25, 0.3) is 0 Å². The SMILES string of the molecule is CC(C)CC1(C#N)CCNC1=O. The molecule has 1 N–H and O–H groups in total. The second-order valence-electron chi connectivity index (χ2n) is 3.80. The smallest absolute Gasteiger partial charge is 0.240 e. The Hall–Kier alpha value is -1.04. The summed E-state index contributed by atoms with van der Waals surface area (Å²) in [5, 5.41) is 11.6. The van der Waals surface area contributed by atoms with Crippen molar-refractivity contribution in [1.82, 2.24) is 5.32 Å². The molecule has 66 valence electrons. The molecule has 1 heterocycles. The van der Waals surface area contributed by atoms with E-state index in [4.69, 9.17) is 5.26 Å². The average Bonchev–Trinajstić information content (AvgIpc) is 2.32. The van der Waals surface area contributed by atoms with Crippen LogP contribution in [0.4, 0.5) is 0 Å². The Morgan fingerprint density at radius 1 is 1.75 bits per heavy atom. The van der Waals surface area contributed by atoms with Gasteiger partial charge in [0, 0.05) is 6.54 Å². The van der Waals surface area contributed by atoms with Gasteiger partial charge in [-0.15, -0.1) is 0 Å². The highest BCUT2D eigenvalue weighted by Crippen LogP contribution is 2.32. The lowest BCUT2D eigenvalue weighted by Crippen LogP contribution is -2.31. The first-order valence-electron chi connectivity index (χ1n) is 4.30. The molecule has 3 heteroatoms. The lowest BCUT2D eigenvalue weighted by Gasteiger charge is -2.18. The van der Waals surface area contributed by atoms with Crippen molar-refractivity contribution < 1.29 is 4.79 Å². The minimum atomic E-state index is -0.728. The molecule has 0 aromatic heterocycles. The standard InChI is InChI=1S/C9H14N2O/c1-7(2)5-9(6-10)3-4-11-8(9)12/h7H,3-5H2,1-2H3,(H,11,12). The van der Waals surface area contributed by atoms with E-state index in [0.29, 0.717) is 25.3 Å². The molecule has 3 nitrogen and oxygen atoms in total. The van der Waals surface area contributed by atoms with E-state index in [2.05, 4.69) is 11.4 Å². The maximum absolute atomic E-state index is 11.3. The molecule has 1 fully saturated rings. The van der Waals surface area contributed by atoms with E-state index < -0.39 is 5.41 Å². The zero-order chi connectivity index (χ0) is 9.19. The van der Waals surface area contributed by atoms with Gasteiger partial charge in [-0.25, -0.2) is 0 Å². The zero-order valence-electron chi connectivity index (χ0n) is 7.55. The Morgan fingerprint density at radius 2 is 2.42 bits per heavy atom. The highest BCUT2D eigenvalue weighted by Gasteiger charge is 2.42. The van der Waals surface area contributed by atoms with Crippen LogP contribution >= 0.6 is 0 Å². The summed E-state index contributed by atoms with van der Waals surface area (Å²) in [6, 6.07) is 2.15. The van der Waals surface area contributed by atoms with Crippen molar-refractivity contribution in [2.24, 2.45) is 11.3 Å². The minimum absolute atomic E-state index is 0.0845. The Kier molecular flexibility index (Phi) is 2.37. The summed E-state index contributed by atoms with van der Waals surface area (Å²) in [6.45, 7) is 4.72. The molecule has 0 spiro atoms. The summed E-state index contributed by atoms with van der Waals surface area (Å²) >= 11 is 0. The summed E-state index contributed by atoms with van der Waals surface area (Å²) in [5.74, 6) is 0.312. The number of amides is 1. The molecule has 0 radical (unpaired) electrons. The van der Waals surface area contributed by atoms with Crippen LogP contribution in [0.2, 0.25) is 0 Å². The molecule has 0 aliphatic carbocycles. The van der Waals surface area contributed by atoms with E-state index in [9.17, 15) is 4.79 Å². The van der Waals surface area contributed by atoms with Crippen molar-refractivity contribution in [3.05, 3.63) is 0 Å². The molecular formula is C9H14N2O. The van der Waals surface area contributed by atoms with Crippen LogP contribution in [0.5, 0.6) is 0 Å². The van der Waals surface area contributed by atoms with Gasteiger partial charge in [-0.05, 0) is 18.8 Å². The van der Waals surface area contributed by atoms with Gasteiger partial charge in [-0.3, -0.25) is 4.79 Å². The van der Waals surface area contributed by atoms with Gasteiger partial charge in [0.15, 0.2) is 0 Å². The Labute approximate surface area is 72.8 Å². The first-order chi connectivity index (χ1) is 5.60. The van der Waals surface area contributed by atoms with Gasteiger partial charge in [0.25, 0.3) is 0 Å². The van der Waals surface area contributed by atoms with Crippen LogP contribution in [0, 0.1) is 22.7 Å². The number of hydrogen-bond acceptors (Lipinski definition) is 2. The third kappa shape index (κ3) is 1.42. The van der Waals surface area contributed by atoms with E-state index in [1.807, 2.05) is 13.8 Å². The average molecular weight is 166 g/mol. The molecular weight excluding hydrogens is 152 g/mol. The molecule has 1 amide bonds. The van der Waals surface area contributed by atoms with Crippen molar-refractivity contribution in [3.63, 3.8) is 0 Å². The third-order valence-electron chi connectivity index (χ3n) is 2.24. The van der Waals surface area contributed by atoms with Crippen molar-refractivity contribution in [1.29, 1.82) is 5.26 Å². The normalized spacial score (nSPS) is 28.7. The van der Waals surface area contributed by atoms with Crippen LogP contribution in [-0.4, -0.2) is 12.5 Å². The lowest BCUT2D eigenvalue weighted by molar-refractivity contribution is -0.125. The summed E-state index contributed by atoms with van der Waals surface area (Å²) < 4.78 is 0. The summed E-state index contributed by atoms with van der Waals surface area (Å²) in [5.41, 5.74) is -0.728. The fourth-order valence-electron chi connectivity index (χ4n) is 1.72. The van der Waals surface area contributed by atoms with Gasteiger partial charge >= 0.3 is 0 Å². The number of nitrogens with zero attached hydrogens (tertiary/aromatic N) is 1. The van der Waals surface area contributed by atoms with Crippen LogP contribution in [0.3, 0.4) is 0 Å². The van der Waals surface area contributed by atoms with Crippen molar-refractivity contribution in [2.45, 2.75) is 26.7 Å². The number of nitrogens with one attached hydrogen (secondary N) is 1. The van der Waals surface area contributed by atoms with Gasteiger partial charge in [-0.2, -0.15) is 5.26 Å². The summed E-state index contributed by atoms with van der Waals surface area (Å²) in [4.78, 5) is 11.3. The molecule has 1 unspecified atom stereocenters. The predicted molar refractivity (Wildman–Crippen MR) is 45.1 cm³/mol. The number of carbonyl (C=O) groups is 1. The monoisotopic (exact) mass is 166 g/mol. The fourth-order valence-corrected chi connectivity index (χ4v) is 1.72. The molecule has 0 aromatic rings. The van der Waals surface area contributed by atoms with Crippen LogP contribution in [-0.2, 0) is 4.79 Å². The number of nitriles is 1. The minimum Gasteiger partial charge on any atom is -0.355 e. The van der Waals surface area contributed by atoms with E-state index in [0.717, 1.165) is 0 Å². The number of hydrogen-bond donors (Lipinski definition) is 1. The number of rotatable bonds is 2. The van der Waals surface area contributed by atoms with Crippen molar-refractivity contribution >= 4 is 5.91 Å². The molecule has 12 heavy (non-hydrogen) atoms. The molecule has 1 atom stereocenters. The number of carbonyl (C=O) groups excluding carboxylic acids is 1. The quantitative estimate of drug-likeness (QED) is 0.667. The first-order valence-corrected chi connectivity index (χ1v) is 4.30. The first kappa shape index (κ1) is 9.05. The highest BCUT2D eigenvalue weighted by atomic mass is 16.2. The highest BCUT2D eigenvalue weighted by molar-refractivity contribution is 5.87. The van der Waals surface area contributed by atoms with E-state index in [1.54, 1.807) is 0 Å². The molecule has 0 bridgehead atoms. The maximum atomic E-state index is 11.3. The fraction of sp³-hybridized carbons (Fsp3) is 0.778. The van der Waals surface area contributed by atoms with E-state index >= 15 is 0 Å².